The Hall–Kier alpha value is -3.18. The Labute approximate surface area is 283 Å². The maximum absolute atomic E-state index is 12.4. The second-order valence-electron chi connectivity index (χ2n) is 14.5. The molecule has 47 heavy (non-hydrogen) atoms. The highest BCUT2D eigenvalue weighted by Gasteiger charge is 2.35. The Morgan fingerprint density at radius 3 is 2.00 bits per heavy atom. The maximum atomic E-state index is 12.4. The molecule has 2 atom stereocenters. The van der Waals surface area contributed by atoms with Gasteiger partial charge in [-0.15, -0.1) is 0 Å². The number of hydrogen-bond donors (Lipinski definition) is 1. The summed E-state index contributed by atoms with van der Waals surface area (Å²) in [7, 11) is 0. The van der Waals surface area contributed by atoms with Crippen molar-refractivity contribution >= 4 is 11.9 Å². The summed E-state index contributed by atoms with van der Waals surface area (Å²) in [6.07, 6.45) is 13.5. The van der Waals surface area contributed by atoms with Gasteiger partial charge in [0.15, 0.2) is 0 Å². The van der Waals surface area contributed by atoms with Crippen LogP contribution in [0.3, 0.4) is 0 Å². The molecule has 1 N–H and O–H groups in total. The molecule has 0 spiro atoms. The second kappa shape index (κ2) is 17.8. The quantitative estimate of drug-likeness (QED) is 0.119. The van der Waals surface area contributed by atoms with Crippen LogP contribution in [0, 0.1) is 30.6 Å². The third-order valence-corrected chi connectivity index (χ3v) is 10.9. The van der Waals surface area contributed by atoms with Crippen molar-refractivity contribution in [2.45, 2.75) is 117 Å². The van der Waals surface area contributed by atoms with Gasteiger partial charge in [-0.05, 0) is 136 Å². The Kier molecular flexibility index (Phi) is 13.9. The van der Waals surface area contributed by atoms with E-state index in [4.69, 9.17) is 9.47 Å². The van der Waals surface area contributed by atoms with Gasteiger partial charge in [0.2, 0.25) is 0 Å². The lowest BCUT2D eigenvalue weighted by atomic mass is 9.67. The topological polar surface area (TPSA) is 72.8 Å². The van der Waals surface area contributed by atoms with Gasteiger partial charge in [-0.25, -0.2) is 9.59 Å². The van der Waals surface area contributed by atoms with E-state index < -0.39 is 18.0 Å². The molecule has 0 radical (unpaired) electrons. The minimum atomic E-state index is -0.959. The Morgan fingerprint density at radius 2 is 1.45 bits per heavy atom. The molecule has 5 nitrogen and oxygen atoms in total. The van der Waals surface area contributed by atoms with E-state index in [1.807, 2.05) is 0 Å². The molecule has 2 aromatic rings. The van der Waals surface area contributed by atoms with Gasteiger partial charge in [0.1, 0.15) is 0 Å². The number of carbonyl (C=O) groups excluding carboxylic acids is 2. The average Bonchev–Trinajstić information content (AvgIpc) is 3.08. The van der Waals surface area contributed by atoms with Gasteiger partial charge in [-0.3, -0.25) is 0 Å². The number of unbranched alkanes of at least 4 members (excludes halogenated alkanes) is 2. The first kappa shape index (κ1) is 36.7. The zero-order valence-electron chi connectivity index (χ0n) is 29.4. The average molecular weight is 643 g/mol. The molecule has 0 aliphatic heterocycles. The summed E-state index contributed by atoms with van der Waals surface area (Å²) in [6.45, 7) is 15.3. The second-order valence-corrected chi connectivity index (χ2v) is 14.5. The van der Waals surface area contributed by atoms with Gasteiger partial charge >= 0.3 is 11.9 Å². The molecule has 0 aromatic heterocycles. The zero-order valence-corrected chi connectivity index (χ0v) is 29.4. The number of rotatable bonds is 15. The predicted octanol–water partition coefficient (Wildman–Crippen LogP) is 9.69. The fraction of sp³-hybridized carbons (Fsp3) is 0.571. The summed E-state index contributed by atoms with van der Waals surface area (Å²) in [5, 5.41) is 9.70. The number of aryl methyl sites for hydroxylation is 2. The van der Waals surface area contributed by atoms with Crippen molar-refractivity contribution < 1.29 is 24.2 Å². The zero-order chi connectivity index (χ0) is 33.9. The van der Waals surface area contributed by atoms with Gasteiger partial charge in [0.25, 0.3) is 0 Å². The fourth-order valence-corrected chi connectivity index (χ4v) is 7.78. The summed E-state index contributed by atoms with van der Waals surface area (Å²) >= 11 is 0. The molecule has 5 heteroatoms. The molecular weight excluding hydrogens is 584 g/mol. The van der Waals surface area contributed by atoms with Gasteiger partial charge in [0, 0.05) is 11.5 Å². The van der Waals surface area contributed by atoms with Crippen molar-refractivity contribution in [1.29, 1.82) is 0 Å². The first-order chi connectivity index (χ1) is 22.6. The summed E-state index contributed by atoms with van der Waals surface area (Å²) in [5.41, 5.74) is 7.34. The van der Waals surface area contributed by atoms with Gasteiger partial charge < -0.3 is 14.6 Å². The van der Waals surface area contributed by atoms with E-state index >= 15 is 0 Å². The van der Waals surface area contributed by atoms with E-state index in [1.165, 1.54) is 86.1 Å². The van der Waals surface area contributed by atoms with Crippen LogP contribution in [0.25, 0.3) is 11.1 Å². The molecule has 0 amide bonds. The highest BCUT2D eigenvalue weighted by atomic mass is 16.5. The van der Waals surface area contributed by atoms with Crippen LogP contribution in [-0.2, 0) is 25.5 Å². The van der Waals surface area contributed by atoms with E-state index in [2.05, 4.69) is 69.5 Å². The minimum Gasteiger partial charge on any atom is -0.462 e. The molecule has 2 fully saturated rings. The molecule has 4 rings (SSSR count). The Morgan fingerprint density at radius 1 is 0.851 bits per heavy atom. The van der Waals surface area contributed by atoms with Crippen molar-refractivity contribution in [3.63, 3.8) is 0 Å². The van der Waals surface area contributed by atoms with E-state index in [1.54, 1.807) is 6.92 Å². The van der Waals surface area contributed by atoms with E-state index in [-0.39, 0.29) is 24.7 Å². The molecule has 2 saturated carbocycles. The third kappa shape index (κ3) is 10.4. The molecule has 0 heterocycles. The van der Waals surface area contributed by atoms with Crippen LogP contribution in [0.2, 0.25) is 0 Å². The lowest BCUT2D eigenvalue weighted by Crippen LogP contribution is -2.33. The van der Waals surface area contributed by atoms with Crippen LogP contribution < -0.4 is 0 Å². The number of benzene rings is 2. The molecule has 0 saturated heterocycles. The van der Waals surface area contributed by atoms with Gasteiger partial charge in [0.05, 0.1) is 24.9 Å². The lowest BCUT2D eigenvalue weighted by molar-refractivity contribution is -0.146. The van der Waals surface area contributed by atoms with Gasteiger partial charge in [-0.2, -0.15) is 0 Å². The number of ether oxygens (including phenoxy) is 2. The summed E-state index contributed by atoms with van der Waals surface area (Å²) in [5.74, 6) is 1.32. The fourth-order valence-electron chi connectivity index (χ4n) is 7.78. The first-order valence-corrected chi connectivity index (χ1v) is 18.1. The molecule has 2 unspecified atom stereocenters. The highest BCUT2D eigenvalue weighted by Crippen LogP contribution is 2.45. The molecule has 256 valence electrons. The molecule has 2 aliphatic carbocycles. The SMILES string of the molecule is C=C(C)C(=O)OCC(COC(=O)C(=C)C(C)O)C1CCC(C2CCC(c3ccc(-c4ccc(CCCCC)cc4)c(C)c3)CC2)CC1. The normalized spacial score (nSPS) is 22.6. The Bertz CT molecular complexity index is 1340. The summed E-state index contributed by atoms with van der Waals surface area (Å²) in [6, 6.07) is 16.3. The van der Waals surface area contributed by atoms with Crippen LogP contribution in [0.15, 0.2) is 66.8 Å². The van der Waals surface area contributed by atoms with Crippen molar-refractivity contribution in [3.05, 3.63) is 83.5 Å². The standard InChI is InChI=1S/C42H58O5/c1-7-8-9-10-32-11-13-37(14-12-32)40-24-23-38(25-29(40)4)35-19-15-33(16-20-35)34-17-21-36(22-18-34)39(26-46-41(44)28(2)3)27-47-42(45)30(5)31(6)43/h11-14,23-25,31,33-36,39,43H,2,5,7-10,15-22,26-27H2,1,3-4,6H3. The molecule has 2 aromatic carbocycles. The number of aliphatic hydroxyl groups is 1. The van der Waals surface area contributed by atoms with Crippen LogP contribution in [-0.4, -0.2) is 36.4 Å². The number of carbonyl (C=O) groups is 2. The molecule has 2 aliphatic rings. The number of aliphatic hydroxyl groups excluding tert-OH is 1. The minimum absolute atomic E-state index is 0.0379. The monoisotopic (exact) mass is 642 g/mol. The van der Waals surface area contributed by atoms with E-state index in [0.717, 1.165) is 37.5 Å². The molecular formula is C42H58O5. The van der Waals surface area contributed by atoms with E-state index in [9.17, 15) is 14.7 Å². The van der Waals surface area contributed by atoms with Gasteiger partial charge in [-0.1, -0.05) is 75.4 Å². The van der Waals surface area contributed by atoms with Crippen LogP contribution in [0.5, 0.6) is 0 Å². The van der Waals surface area contributed by atoms with Crippen LogP contribution in [0.4, 0.5) is 0 Å². The van der Waals surface area contributed by atoms with E-state index in [0.29, 0.717) is 17.4 Å². The summed E-state index contributed by atoms with van der Waals surface area (Å²) < 4.78 is 11.0. The van der Waals surface area contributed by atoms with Crippen molar-refractivity contribution in [2.24, 2.45) is 23.7 Å². The van der Waals surface area contributed by atoms with Crippen molar-refractivity contribution in [1.82, 2.24) is 0 Å². The summed E-state index contributed by atoms with van der Waals surface area (Å²) in [4.78, 5) is 24.5. The predicted molar refractivity (Wildman–Crippen MR) is 191 cm³/mol. The van der Waals surface area contributed by atoms with Crippen LogP contribution >= 0.6 is 0 Å². The maximum Gasteiger partial charge on any atom is 0.336 e. The third-order valence-electron chi connectivity index (χ3n) is 10.9. The highest BCUT2D eigenvalue weighted by molar-refractivity contribution is 5.88. The van der Waals surface area contributed by atoms with Crippen LogP contribution in [0.1, 0.15) is 114 Å². The smallest absolute Gasteiger partial charge is 0.336 e. The lowest BCUT2D eigenvalue weighted by Gasteiger charge is -2.39. The van der Waals surface area contributed by atoms with Crippen molar-refractivity contribution in [2.75, 3.05) is 13.2 Å². The Balaban J connectivity index is 1.27. The first-order valence-electron chi connectivity index (χ1n) is 18.1. The molecule has 0 bridgehead atoms. The number of esters is 2. The van der Waals surface area contributed by atoms with Crippen molar-refractivity contribution in [3.8, 4) is 11.1 Å². The number of hydrogen-bond acceptors (Lipinski definition) is 5. The largest absolute Gasteiger partial charge is 0.462 e.